The topological polar surface area (TPSA) is 108 Å². The zero-order valence-electron chi connectivity index (χ0n) is 25.2. The van der Waals surface area contributed by atoms with E-state index in [2.05, 4.69) is 31.4 Å². The number of carbonyl (C=O) groups is 3. The summed E-state index contributed by atoms with van der Waals surface area (Å²) in [5.74, 6) is -0.410. The van der Waals surface area contributed by atoms with Gasteiger partial charge in [0.2, 0.25) is 11.8 Å². The SMILES string of the molecule is CCCC(C)NC(=O)C(c1cc(C)cc(C)c1)N(C(=O)C(CO)NC(=O)OC(C)(C)C)C(C)CCC(C)C. The highest BCUT2D eigenvalue weighted by molar-refractivity contribution is 5.92. The standard InChI is InChI=1S/C30H51N3O5/c1-11-12-22(6)31-27(35)26(24-16-20(4)15-21(5)17-24)33(23(7)14-13-19(2)3)28(36)25(18-34)32-29(37)38-30(8,9)10/h15-17,19,22-23,25-26,34H,11-14,18H2,1-10H3,(H,31,35)(H,32,37). The van der Waals surface area contributed by atoms with Crippen molar-refractivity contribution in [3.8, 4) is 0 Å². The highest BCUT2D eigenvalue weighted by Gasteiger charge is 2.39. The average Bonchev–Trinajstić information content (AvgIpc) is 2.76. The number of aryl methyl sites for hydroxylation is 2. The second kappa shape index (κ2) is 15.1. The molecular formula is C30H51N3O5. The number of nitrogens with zero attached hydrogens (tertiary/aromatic N) is 1. The first kappa shape index (κ1) is 33.4. The van der Waals surface area contributed by atoms with Gasteiger partial charge in [0.15, 0.2) is 0 Å². The smallest absolute Gasteiger partial charge is 0.408 e. The first-order chi connectivity index (χ1) is 17.6. The third kappa shape index (κ3) is 11.0. The van der Waals surface area contributed by atoms with Crippen LogP contribution in [0.2, 0.25) is 0 Å². The first-order valence-electron chi connectivity index (χ1n) is 13.9. The molecule has 8 nitrogen and oxygen atoms in total. The maximum absolute atomic E-state index is 14.1. The van der Waals surface area contributed by atoms with Crippen molar-refractivity contribution in [1.82, 2.24) is 15.5 Å². The van der Waals surface area contributed by atoms with Crippen molar-refractivity contribution in [1.29, 1.82) is 0 Å². The molecule has 3 amide bonds. The minimum Gasteiger partial charge on any atom is -0.444 e. The molecule has 0 saturated carbocycles. The summed E-state index contributed by atoms with van der Waals surface area (Å²) >= 11 is 0. The summed E-state index contributed by atoms with van der Waals surface area (Å²) in [5.41, 5.74) is 1.88. The molecule has 0 saturated heterocycles. The zero-order valence-corrected chi connectivity index (χ0v) is 25.2. The van der Waals surface area contributed by atoms with Crippen molar-refractivity contribution in [2.45, 2.75) is 125 Å². The van der Waals surface area contributed by atoms with Crippen LogP contribution >= 0.6 is 0 Å². The molecule has 1 aromatic rings. The molecule has 0 aromatic heterocycles. The third-order valence-corrected chi connectivity index (χ3v) is 6.26. The van der Waals surface area contributed by atoms with Gasteiger partial charge in [-0.25, -0.2) is 4.79 Å². The summed E-state index contributed by atoms with van der Waals surface area (Å²) in [6.45, 7) is 18.6. The molecule has 0 aliphatic carbocycles. The van der Waals surface area contributed by atoms with Gasteiger partial charge in [0.05, 0.1) is 6.61 Å². The molecule has 4 atom stereocenters. The third-order valence-electron chi connectivity index (χ3n) is 6.26. The number of aliphatic hydroxyl groups is 1. The number of nitrogens with one attached hydrogen (secondary N) is 2. The van der Waals surface area contributed by atoms with Gasteiger partial charge in [-0.3, -0.25) is 9.59 Å². The van der Waals surface area contributed by atoms with Crippen LogP contribution in [0.25, 0.3) is 0 Å². The van der Waals surface area contributed by atoms with E-state index in [0.29, 0.717) is 17.9 Å². The second-order valence-electron chi connectivity index (χ2n) is 12.0. The maximum atomic E-state index is 14.1. The molecule has 0 spiro atoms. The van der Waals surface area contributed by atoms with Gasteiger partial charge in [0.1, 0.15) is 17.7 Å². The lowest BCUT2D eigenvalue weighted by Crippen LogP contribution is -2.57. The van der Waals surface area contributed by atoms with Crippen LogP contribution in [-0.2, 0) is 14.3 Å². The lowest BCUT2D eigenvalue weighted by molar-refractivity contribution is -0.146. The Bertz CT molecular complexity index is 905. The van der Waals surface area contributed by atoms with E-state index in [1.165, 1.54) is 0 Å². The predicted octanol–water partition coefficient (Wildman–Crippen LogP) is 5.19. The molecule has 3 N–H and O–H groups in total. The Morgan fingerprint density at radius 3 is 2.00 bits per heavy atom. The van der Waals surface area contributed by atoms with Crippen molar-refractivity contribution >= 4 is 17.9 Å². The van der Waals surface area contributed by atoms with Crippen LogP contribution in [0, 0.1) is 19.8 Å². The largest absolute Gasteiger partial charge is 0.444 e. The van der Waals surface area contributed by atoms with Crippen LogP contribution in [0.1, 0.15) is 104 Å². The molecule has 0 radical (unpaired) electrons. The Kier molecular flexibility index (Phi) is 13.3. The number of hydrogen-bond acceptors (Lipinski definition) is 5. The van der Waals surface area contributed by atoms with E-state index in [0.717, 1.165) is 30.4 Å². The fourth-order valence-electron chi connectivity index (χ4n) is 4.56. The molecule has 216 valence electrons. The normalized spacial score (nSPS) is 14.8. The molecule has 0 fully saturated rings. The molecule has 0 aliphatic rings. The van der Waals surface area contributed by atoms with Gasteiger partial charge >= 0.3 is 6.09 Å². The van der Waals surface area contributed by atoms with Gasteiger partial charge in [0, 0.05) is 12.1 Å². The Morgan fingerprint density at radius 1 is 0.947 bits per heavy atom. The van der Waals surface area contributed by atoms with Gasteiger partial charge < -0.3 is 25.4 Å². The Balaban J connectivity index is 3.60. The van der Waals surface area contributed by atoms with Crippen molar-refractivity contribution in [3.05, 3.63) is 34.9 Å². The number of carbonyl (C=O) groups excluding carboxylic acids is 3. The number of amides is 3. The van der Waals surface area contributed by atoms with Gasteiger partial charge in [-0.2, -0.15) is 0 Å². The molecule has 1 rings (SSSR count). The van der Waals surface area contributed by atoms with Gasteiger partial charge in [0.25, 0.3) is 0 Å². The molecule has 0 bridgehead atoms. The van der Waals surface area contributed by atoms with Crippen molar-refractivity contribution in [2.75, 3.05) is 6.61 Å². The van der Waals surface area contributed by atoms with Gasteiger partial charge in [-0.15, -0.1) is 0 Å². The van der Waals surface area contributed by atoms with Gasteiger partial charge in [-0.1, -0.05) is 56.5 Å². The van der Waals surface area contributed by atoms with E-state index in [4.69, 9.17) is 4.74 Å². The van der Waals surface area contributed by atoms with E-state index < -0.39 is 36.3 Å². The van der Waals surface area contributed by atoms with Crippen LogP contribution in [0.4, 0.5) is 4.79 Å². The monoisotopic (exact) mass is 533 g/mol. The van der Waals surface area contributed by atoms with Crippen LogP contribution in [0.3, 0.4) is 0 Å². The molecule has 0 heterocycles. The summed E-state index contributed by atoms with van der Waals surface area (Å²) in [5, 5.41) is 15.8. The lowest BCUT2D eigenvalue weighted by atomic mass is 9.95. The van der Waals surface area contributed by atoms with Crippen LogP contribution in [0.15, 0.2) is 18.2 Å². The lowest BCUT2D eigenvalue weighted by Gasteiger charge is -2.39. The Labute approximate surface area is 229 Å². The van der Waals surface area contributed by atoms with E-state index in [-0.39, 0.29) is 18.0 Å². The highest BCUT2D eigenvalue weighted by atomic mass is 16.6. The van der Waals surface area contributed by atoms with Crippen LogP contribution in [-0.4, -0.2) is 58.2 Å². The van der Waals surface area contributed by atoms with Crippen LogP contribution < -0.4 is 10.6 Å². The first-order valence-corrected chi connectivity index (χ1v) is 13.9. The number of alkyl carbamates (subject to hydrolysis) is 1. The number of benzene rings is 1. The fourth-order valence-corrected chi connectivity index (χ4v) is 4.56. The van der Waals surface area contributed by atoms with Crippen molar-refractivity contribution < 1.29 is 24.2 Å². The predicted molar refractivity (Wildman–Crippen MR) is 152 cm³/mol. The summed E-state index contributed by atoms with van der Waals surface area (Å²) in [7, 11) is 0. The summed E-state index contributed by atoms with van der Waals surface area (Å²) < 4.78 is 5.33. The summed E-state index contributed by atoms with van der Waals surface area (Å²) in [6.07, 6.45) is 2.43. The number of rotatable bonds is 13. The minimum absolute atomic E-state index is 0.0719. The van der Waals surface area contributed by atoms with E-state index >= 15 is 0 Å². The molecule has 4 unspecified atom stereocenters. The van der Waals surface area contributed by atoms with E-state index in [1.54, 1.807) is 25.7 Å². The zero-order chi connectivity index (χ0) is 29.2. The minimum atomic E-state index is -1.26. The quantitative estimate of drug-likeness (QED) is 0.323. The van der Waals surface area contributed by atoms with Crippen LogP contribution in [0.5, 0.6) is 0 Å². The van der Waals surface area contributed by atoms with E-state index in [9.17, 15) is 19.5 Å². The molecule has 1 aromatic carbocycles. The summed E-state index contributed by atoms with van der Waals surface area (Å²) in [6, 6.07) is 3.26. The maximum Gasteiger partial charge on any atom is 0.408 e. The molecule has 0 aliphatic heterocycles. The Morgan fingerprint density at radius 2 is 1.53 bits per heavy atom. The summed E-state index contributed by atoms with van der Waals surface area (Å²) in [4.78, 5) is 42.0. The number of ether oxygens (including phenoxy) is 1. The van der Waals surface area contributed by atoms with E-state index in [1.807, 2.05) is 45.9 Å². The number of hydrogen-bond donors (Lipinski definition) is 3. The van der Waals surface area contributed by atoms with Crippen molar-refractivity contribution in [2.24, 2.45) is 5.92 Å². The highest BCUT2D eigenvalue weighted by Crippen LogP contribution is 2.29. The number of aliphatic hydroxyl groups excluding tert-OH is 1. The average molecular weight is 534 g/mol. The molecular weight excluding hydrogens is 482 g/mol. The molecule has 38 heavy (non-hydrogen) atoms. The van der Waals surface area contributed by atoms with Gasteiger partial charge in [-0.05, 0) is 79.2 Å². The van der Waals surface area contributed by atoms with Crippen molar-refractivity contribution in [3.63, 3.8) is 0 Å². The Hall–Kier alpha value is -2.61. The molecule has 8 heteroatoms. The fraction of sp³-hybridized carbons (Fsp3) is 0.700. The second-order valence-corrected chi connectivity index (χ2v) is 12.0.